The normalized spacial score (nSPS) is 19.7. The van der Waals surface area contributed by atoms with Crippen LogP contribution in [0.1, 0.15) is 15.9 Å². The summed E-state index contributed by atoms with van der Waals surface area (Å²) in [6.45, 7) is 4.62. The van der Waals surface area contributed by atoms with Crippen molar-refractivity contribution in [1.29, 1.82) is 0 Å². The molecule has 1 saturated heterocycles. The van der Waals surface area contributed by atoms with E-state index in [4.69, 9.17) is 9.47 Å². The Labute approximate surface area is 182 Å². The molecule has 1 amide bonds. The fraction of sp³-hybridized carbons (Fsp3) is 0.409. The lowest BCUT2D eigenvalue weighted by molar-refractivity contribution is 0.0788. The lowest BCUT2D eigenvalue weighted by Crippen LogP contribution is -2.47. The zero-order chi connectivity index (χ0) is 22.0. The summed E-state index contributed by atoms with van der Waals surface area (Å²) in [5.41, 5.74) is 1.05. The highest BCUT2D eigenvalue weighted by molar-refractivity contribution is 7.89. The maximum absolute atomic E-state index is 13.0. The third-order valence-electron chi connectivity index (χ3n) is 5.61. The Hall–Kier alpha value is -2.62. The van der Waals surface area contributed by atoms with Crippen LogP contribution in [0, 0.1) is 6.92 Å². The maximum atomic E-state index is 13.0. The van der Waals surface area contributed by atoms with Crippen LogP contribution in [-0.4, -0.2) is 76.0 Å². The fourth-order valence-corrected chi connectivity index (χ4v) is 5.10. The molecule has 0 unspecified atom stereocenters. The van der Waals surface area contributed by atoms with Crippen molar-refractivity contribution in [3.8, 4) is 11.5 Å². The summed E-state index contributed by atoms with van der Waals surface area (Å²) < 4.78 is 39.1. The van der Waals surface area contributed by atoms with E-state index in [1.807, 2.05) is 31.3 Å². The van der Waals surface area contributed by atoms with Crippen molar-refractivity contribution in [2.45, 2.75) is 17.9 Å². The van der Waals surface area contributed by atoms with Gasteiger partial charge in [-0.15, -0.1) is 0 Å². The first-order chi connectivity index (χ1) is 14.8. The number of ether oxygens (including phenoxy) is 2. The highest BCUT2D eigenvalue weighted by atomic mass is 32.2. The van der Waals surface area contributed by atoms with Crippen molar-refractivity contribution < 1.29 is 22.7 Å². The number of hydrogen-bond donors (Lipinski definition) is 1. The lowest BCUT2D eigenvalue weighted by atomic mass is 10.1. The molecule has 1 N–H and O–H groups in total. The van der Waals surface area contributed by atoms with E-state index < -0.39 is 10.0 Å². The summed E-state index contributed by atoms with van der Waals surface area (Å²) in [6.07, 6.45) is -0.323. The molecule has 0 spiro atoms. The van der Waals surface area contributed by atoms with Crippen molar-refractivity contribution in [2.75, 3.05) is 46.4 Å². The lowest BCUT2D eigenvalue weighted by Gasteiger charge is -2.31. The van der Waals surface area contributed by atoms with Gasteiger partial charge in [-0.2, -0.15) is 4.31 Å². The van der Waals surface area contributed by atoms with Gasteiger partial charge in [0.1, 0.15) is 12.7 Å². The summed E-state index contributed by atoms with van der Waals surface area (Å²) in [7, 11) is -1.67. The number of hydrogen-bond acceptors (Lipinski definition) is 6. The molecule has 0 saturated carbocycles. The highest BCUT2D eigenvalue weighted by Crippen LogP contribution is 2.30. The van der Waals surface area contributed by atoms with E-state index in [1.54, 1.807) is 19.1 Å². The molecule has 31 heavy (non-hydrogen) atoms. The number of likely N-dealkylation sites (N-methyl/N-ethyl adjacent to an activating group) is 1. The van der Waals surface area contributed by atoms with Crippen LogP contribution in [0.15, 0.2) is 47.4 Å². The van der Waals surface area contributed by atoms with Crippen LogP contribution >= 0.6 is 0 Å². The second kappa shape index (κ2) is 8.86. The molecule has 166 valence electrons. The summed E-state index contributed by atoms with van der Waals surface area (Å²) in [5, 5.41) is 2.85. The number of sulfonamides is 1. The molecule has 0 aromatic heterocycles. The van der Waals surface area contributed by atoms with Crippen LogP contribution in [0.5, 0.6) is 11.5 Å². The Bertz CT molecular complexity index is 1060. The molecule has 2 aliphatic heterocycles. The largest absolute Gasteiger partial charge is 0.486 e. The molecule has 8 nitrogen and oxygen atoms in total. The van der Waals surface area contributed by atoms with Gasteiger partial charge in [0, 0.05) is 31.7 Å². The van der Waals surface area contributed by atoms with Crippen molar-refractivity contribution >= 4 is 15.9 Å². The first kappa shape index (κ1) is 21.6. The Morgan fingerprint density at radius 2 is 1.81 bits per heavy atom. The number of fused-ring (bicyclic) bond motifs is 1. The van der Waals surface area contributed by atoms with Gasteiger partial charge >= 0.3 is 0 Å². The molecule has 2 aliphatic rings. The van der Waals surface area contributed by atoms with Gasteiger partial charge in [0.25, 0.3) is 5.91 Å². The Balaban J connectivity index is 1.44. The third kappa shape index (κ3) is 4.68. The first-order valence-electron chi connectivity index (χ1n) is 10.3. The Morgan fingerprint density at radius 3 is 2.55 bits per heavy atom. The molecule has 1 fully saturated rings. The smallest absolute Gasteiger partial charge is 0.251 e. The maximum Gasteiger partial charge on any atom is 0.251 e. The third-order valence-corrected chi connectivity index (χ3v) is 7.51. The molecule has 2 heterocycles. The quantitative estimate of drug-likeness (QED) is 0.751. The van der Waals surface area contributed by atoms with Gasteiger partial charge in [-0.25, -0.2) is 8.42 Å². The second-order valence-corrected chi connectivity index (χ2v) is 9.83. The van der Waals surface area contributed by atoms with Gasteiger partial charge in [-0.1, -0.05) is 18.2 Å². The van der Waals surface area contributed by atoms with Gasteiger partial charge < -0.3 is 19.7 Å². The number of amides is 1. The predicted molar refractivity (Wildman–Crippen MR) is 116 cm³/mol. The van der Waals surface area contributed by atoms with Crippen LogP contribution in [-0.2, 0) is 10.0 Å². The number of rotatable bonds is 5. The number of aryl methyl sites for hydroxylation is 1. The molecule has 1 atom stereocenters. The Morgan fingerprint density at radius 1 is 1.10 bits per heavy atom. The van der Waals surface area contributed by atoms with E-state index in [0.717, 1.165) is 0 Å². The average Bonchev–Trinajstić information content (AvgIpc) is 2.77. The number of benzene rings is 2. The minimum atomic E-state index is -3.65. The van der Waals surface area contributed by atoms with E-state index >= 15 is 0 Å². The molecule has 9 heteroatoms. The summed E-state index contributed by atoms with van der Waals surface area (Å²) in [6, 6.07) is 12.1. The topological polar surface area (TPSA) is 88.2 Å². The van der Waals surface area contributed by atoms with E-state index in [2.05, 4.69) is 10.2 Å². The van der Waals surface area contributed by atoms with Crippen molar-refractivity contribution in [1.82, 2.24) is 14.5 Å². The molecule has 0 radical (unpaired) electrons. The number of piperazine rings is 1. The zero-order valence-corrected chi connectivity index (χ0v) is 18.5. The van der Waals surface area contributed by atoms with Crippen molar-refractivity contribution in [3.63, 3.8) is 0 Å². The number of nitrogens with one attached hydrogen (secondary N) is 1. The first-order valence-corrected chi connectivity index (χ1v) is 11.7. The number of carbonyl (C=O) groups is 1. The number of nitrogens with zero attached hydrogens (tertiary/aromatic N) is 2. The van der Waals surface area contributed by atoms with Gasteiger partial charge in [-0.05, 0) is 43.8 Å². The highest BCUT2D eigenvalue weighted by Gasteiger charge is 2.28. The van der Waals surface area contributed by atoms with Crippen LogP contribution in [0.3, 0.4) is 0 Å². The van der Waals surface area contributed by atoms with Crippen LogP contribution in [0.4, 0.5) is 0 Å². The van der Waals surface area contributed by atoms with Gasteiger partial charge in [0.05, 0.1) is 11.4 Å². The van der Waals surface area contributed by atoms with Gasteiger partial charge in [0.2, 0.25) is 10.0 Å². The van der Waals surface area contributed by atoms with Crippen LogP contribution in [0.25, 0.3) is 0 Å². The molecule has 0 bridgehead atoms. The van der Waals surface area contributed by atoms with Crippen LogP contribution < -0.4 is 14.8 Å². The number of para-hydroxylation sites is 2. The average molecular weight is 446 g/mol. The fourth-order valence-electron chi connectivity index (χ4n) is 3.65. The van der Waals surface area contributed by atoms with E-state index in [0.29, 0.717) is 55.4 Å². The van der Waals surface area contributed by atoms with E-state index in [9.17, 15) is 13.2 Å². The summed E-state index contributed by atoms with van der Waals surface area (Å²) in [4.78, 5) is 15.1. The van der Waals surface area contributed by atoms with Crippen LogP contribution in [0.2, 0.25) is 0 Å². The molecule has 2 aromatic carbocycles. The summed E-state index contributed by atoms with van der Waals surface area (Å²) >= 11 is 0. The standard InChI is InChI=1S/C22H27N3O5S/c1-16-7-8-18(31(27,28)25-11-9-24(2)10-12-25)13-19(16)22(26)23-14-17-15-29-20-5-3-4-6-21(20)30-17/h3-8,13,17H,9-12,14-15H2,1-2H3,(H,23,26)/t17-/m0/s1. The van der Waals surface area contributed by atoms with E-state index in [1.165, 1.54) is 10.4 Å². The Kier molecular flexibility index (Phi) is 6.17. The minimum absolute atomic E-state index is 0.138. The van der Waals surface area contributed by atoms with Gasteiger partial charge in [0.15, 0.2) is 11.5 Å². The van der Waals surface area contributed by atoms with Gasteiger partial charge in [-0.3, -0.25) is 4.79 Å². The van der Waals surface area contributed by atoms with Crippen molar-refractivity contribution in [3.05, 3.63) is 53.6 Å². The second-order valence-electron chi connectivity index (χ2n) is 7.89. The monoisotopic (exact) mass is 445 g/mol. The minimum Gasteiger partial charge on any atom is -0.486 e. The van der Waals surface area contributed by atoms with Crippen molar-refractivity contribution in [2.24, 2.45) is 0 Å². The molecule has 0 aliphatic carbocycles. The molecule has 2 aromatic rings. The molecule has 4 rings (SSSR count). The zero-order valence-electron chi connectivity index (χ0n) is 17.7. The molecular formula is C22H27N3O5S. The van der Waals surface area contributed by atoms with E-state index in [-0.39, 0.29) is 23.5 Å². The summed E-state index contributed by atoms with van der Waals surface area (Å²) in [5.74, 6) is 0.988. The number of carbonyl (C=O) groups excluding carboxylic acids is 1. The predicted octanol–water partition coefficient (Wildman–Crippen LogP) is 1.50. The SMILES string of the molecule is Cc1ccc(S(=O)(=O)N2CCN(C)CC2)cc1C(=O)NC[C@H]1COc2ccccc2O1. The molecular weight excluding hydrogens is 418 g/mol.